The molecular weight excluding hydrogens is 288 g/mol. The molecule has 4 fully saturated rings. The van der Waals surface area contributed by atoms with Crippen LogP contribution < -0.4 is 5.32 Å². The third-order valence-electron chi connectivity index (χ3n) is 6.28. The molecule has 0 aromatic rings. The summed E-state index contributed by atoms with van der Waals surface area (Å²) in [5.74, 6) is 3.40. The zero-order valence-electron chi connectivity index (χ0n) is 14.9. The van der Waals surface area contributed by atoms with Crippen LogP contribution in [0.2, 0.25) is 0 Å². The minimum atomic E-state index is -0.387. The molecular formula is C19H32N2O2. The molecule has 3 saturated carbocycles. The van der Waals surface area contributed by atoms with Crippen molar-refractivity contribution >= 4 is 6.09 Å². The molecule has 1 N–H and O–H groups in total. The molecule has 130 valence electrons. The molecule has 4 unspecified atom stereocenters. The van der Waals surface area contributed by atoms with Gasteiger partial charge < -0.3 is 15.0 Å². The van der Waals surface area contributed by atoms with Crippen LogP contribution in [0, 0.1) is 23.7 Å². The smallest absolute Gasteiger partial charge is 0.410 e. The Hall–Kier alpha value is -0.770. The monoisotopic (exact) mass is 320 g/mol. The van der Waals surface area contributed by atoms with E-state index in [0.717, 1.165) is 31.0 Å². The molecule has 4 aliphatic rings. The van der Waals surface area contributed by atoms with Crippen LogP contribution in [-0.2, 0) is 4.74 Å². The summed E-state index contributed by atoms with van der Waals surface area (Å²) in [4.78, 5) is 14.0. The maximum Gasteiger partial charge on any atom is 0.410 e. The number of carbonyl (C=O) groups is 1. The molecule has 0 aromatic heterocycles. The molecule has 4 rings (SSSR count). The maximum atomic E-state index is 12.1. The van der Waals surface area contributed by atoms with Crippen LogP contribution >= 0.6 is 0 Å². The number of hydrogen-bond acceptors (Lipinski definition) is 3. The normalized spacial score (nSPS) is 40.0. The van der Waals surface area contributed by atoms with Crippen molar-refractivity contribution in [1.29, 1.82) is 0 Å². The fraction of sp³-hybridized carbons (Fsp3) is 0.947. The van der Waals surface area contributed by atoms with Gasteiger partial charge >= 0.3 is 6.09 Å². The number of rotatable bonds is 3. The maximum absolute atomic E-state index is 12.1. The Labute approximate surface area is 140 Å². The minimum absolute atomic E-state index is 0.130. The van der Waals surface area contributed by atoms with E-state index in [-0.39, 0.29) is 11.7 Å². The van der Waals surface area contributed by atoms with E-state index >= 15 is 0 Å². The molecule has 4 atom stereocenters. The number of likely N-dealkylation sites (tertiary alicyclic amines) is 1. The Balaban J connectivity index is 1.22. The zero-order valence-corrected chi connectivity index (χ0v) is 14.9. The fourth-order valence-electron chi connectivity index (χ4n) is 4.90. The van der Waals surface area contributed by atoms with E-state index in [4.69, 9.17) is 4.74 Å². The van der Waals surface area contributed by atoms with Gasteiger partial charge in [-0.2, -0.15) is 0 Å². The summed E-state index contributed by atoms with van der Waals surface area (Å²) in [6.45, 7) is 7.58. The molecule has 0 aromatic carbocycles. The van der Waals surface area contributed by atoms with Gasteiger partial charge in [-0.05, 0) is 70.1 Å². The standard InChI is InChI=1S/C19H32N2O2/c1-19(2,3)23-18(22)21-10-15-16(11-21)17(15)20-14-6-4-5-13(9-14)12-7-8-12/h12-17,20H,4-11H2,1-3H3. The second-order valence-corrected chi connectivity index (χ2v) is 9.37. The van der Waals surface area contributed by atoms with Crippen molar-refractivity contribution < 1.29 is 9.53 Å². The van der Waals surface area contributed by atoms with E-state index in [2.05, 4.69) is 5.32 Å². The van der Waals surface area contributed by atoms with E-state index < -0.39 is 0 Å². The Morgan fingerprint density at radius 3 is 2.35 bits per heavy atom. The van der Waals surface area contributed by atoms with Crippen molar-refractivity contribution in [2.75, 3.05) is 13.1 Å². The third kappa shape index (κ3) is 3.52. The van der Waals surface area contributed by atoms with E-state index in [1.165, 1.54) is 38.5 Å². The van der Waals surface area contributed by atoms with E-state index in [1.54, 1.807) is 0 Å². The average molecular weight is 320 g/mol. The van der Waals surface area contributed by atoms with Crippen LogP contribution in [0.3, 0.4) is 0 Å². The van der Waals surface area contributed by atoms with Gasteiger partial charge in [0.05, 0.1) is 0 Å². The number of amides is 1. The van der Waals surface area contributed by atoms with Crippen molar-refractivity contribution in [2.24, 2.45) is 23.7 Å². The topological polar surface area (TPSA) is 41.6 Å². The molecule has 23 heavy (non-hydrogen) atoms. The number of hydrogen-bond donors (Lipinski definition) is 1. The van der Waals surface area contributed by atoms with Crippen molar-refractivity contribution in [1.82, 2.24) is 10.2 Å². The molecule has 1 heterocycles. The Morgan fingerprint density at radius 2 is 1.74 bits per heavy atom. The van der Waals surface area contributed by atoms with Crippen LogP contribution in [0.1, 0.15) is 59.3 Å². The number of carbonyl (C=O) groups excluding carboxylic acids is 1. The minimum Gasteiger partial charge on any atom is -0.444 e. The van der Waals surface area contributed by atoms with Crippen LogP contribution in [0.25, 0.3) is 0 Å². The lowest BCUT2D eigenvalue weighted by Crippen LogP contribution is -2.42. The summed E-state index contributed by atoms with van der Waals surface area (Å²) < 4.78 is 5.49. The van der Waals surface area contributed by atoms with Gasteiger partial charge in [-0.15, -0.1) is 0 Å². The Bertz CT molecular complexity index is 456. The van der Waals surface area contributed by atoms with Crippen LogP contribution in [0.4, 0.5) is 4.79 Å². The molecule has 1 saturated heterocycles. The van der Waals surface area contributed by atoms with Gasteiger partial charge in [0.1, 0.15) is 5.60 Å². The lowest BCUT2D eigenvalue weighted by Gasteiger charge is -2.31. The van der Waals surface area contributed by atoms with Gasteiger partial charge in [0.2, 0.25) is 0 Å². The van der Waals surface area contributed by atoms with Crippen LogP contribution in [0.5, 0.6) is 0 Å². The van der Waals surface area contributed by atoms with Crippen molar-refractivity contribution in [3.63, 3.8) is 0 Å². The highest BCUT2D eigenvalue weighted by Crippen LogP contribution is 2.48. The Kier molecular flexibility index (Phi) is 3.86. The van der Waals surface area contributed by atoms with Crippen LogP contribution in [0.15, 0.2) is 0 Å². The van der Waals surface area contributed by atoms with E-state index in [0.29, 0.717) is 17.9 Å². The second-order valence-electron chi connectivity index (χ2n) is 9.37. The van der Waals surface area contributed by atoms with E-state index in [9.17, 15) is 4.79 Å². The molecule has 3 aliphatic carbocycles. The molecule has 4 heteroatoms. The van der Waals surface area contributed by atoms with Gasteiger partial charge in [0.25, 0.3) is 0 Å². The SMILES string of the molecule is CC(C)(C)OC(=O)N1CC2C(C1)C2NC1CCCC(C2CC2)C1. The fourth-order valence-corrected chi connectivity index (χ4v) is 4.90. The summed E-state index contributed by atoms with van der Waals surface area (Å²) in [5.41, 5.74) is -0.387. The number of piperidine rings is 1. The van der Waals surface area contributed by atoms with Gasteiger partial charge in [-0.1, -0.05) is 12.8 Å². The molecule has 4 nitrogen and oxygen atoms in total. The highest BCUT2D eigenvalue weighted by molar-refractivity contribution is 5.69. The number of ether oxygens (including phenoxy) is 1. The zero-order chi connectivity index (χ0) is 16.2. The van der Waals surface area contributed by atoms with Gasteiger partial charge in [-0.25, -0.2) is 4.79 Å². The van der Waals surface area contributed by atoms with Gasteiger partial charge in [0.15, 0.2) is 0 Å². The summed E-state index contributed by atoms with van der Waals surface area (Å²) in [5, 5.41) is 3.94. The summed E-state index contributed by atoms with van der Waals surface area (Å²) in [6.07, 6.45) is 8.46. The average Bonchev–Trinajstić information content (AvgIpc) is 3.37. The predicted octanol–water partition coefficient (Wildman–Crippen LogP) is 3.41. The number of fused-ring (bicyclic) bond motifs is 1. The first-order valence-corrected chi connectivity index (χ1v) is 9.65. The first-order valence-electron chi connectivity index (χ1n) is 9.65. The molecule has 1 aliphatic heterocycles. The highest BCUT2D eigenvalue weighted by Gasteiger charge is 2.57. The number of nitrogens with zero attached hydrogens (tertiary/aromatic N) is 1. The van der Waals surface area contributed by atoms with Crippen LogP contribution in [-0.4, -0.2) is 41.8 Å². The van der Waals surface area contributed by atoms with Crippen molar-refractivity contribution in [2.45, 2.75) is 77.0 Å². The number of nitrogens with one attached hydrogen (secondary N) is 1. The van der Waals surface area contributed by atoms with Crippen molar-refractivity contribution in [3.8, 4) is 0 Å². The van der Waals surface area contributed by atoms with Gasteiger partial charge in [-0.3, -0.25) is 0 Å². The molecule has 0 radical (unpaired) electrons. The summed E-state index contributed by atoms with van der Waals surface area (Å²) in [6, 6.07) is 1.40. The predicted molar refractivity (Wildman–Crippen MR) is 90.2 cm³/mol. The molecule has 0 spiro atoms. The van der Waals surface area contributed by atoms with E-state index in [1.807, 2.05) is 25.7 Å². The van der Waals surface area contributed by atoms with Gasteiger partial charge in [0, 0.05) is 25.2 Å². The largest absolute Gasteiger partial charge is 0.444 e. The lowest BCUT2D eigenvalue weighted by molar-refractivity contribution is 0.0268. The summed E-state index contributed by atoms with van der Waals surface area (Å²) in [7, 11) is 0. The first kappa shape index (κ1) is 15.7. The lowest BCUT2D eigenvalue weighted by atomic mass is 9.82. The molecule has 1 amide bonds. The Morgan fingerprint density at radius 1 is 1.04 bits per heavy atom. The first-order chi connectivity index (χ1) is 10.9. The van der Waals surface area contributed by atoms with Crippen molar-refractivity contribution in [3.05, 3.63) is 0 Å². The second kappa shape index (κ2) is 5.65. The highest BCUT2D eigenvalue weighted by atomic mass is 16.6. The third-order valence-corrected chi connectivity index (χ3v) is 6.28. The summed E-state index contributed by atoms with van der Waals surface area (Å²) >= 11 is 0. The quantitative estimate of drug-likeness (QED) is 0.866. The molecule has 0 bridgehead atoms.